The molecular weight excluding hydrogens is 853 g/mol. The van der Waals surface area contributed by atoms with Crippen molar-refractivity contribution in [2.24, 2.45) is 0 Å². The minimum Gasteiger partial charge on any atom is -0.462 e. The van der Waals surface area contributed by atoms with Gasteiger partial charge >= 0.3 is 17.9 Å². The molecule has 0 aromatic rings. The van der Waals surface area contributed by atoms with Crippen LogP contribution in [0.15, 0.2) is 97.2 Å². The van der Waals surface area contributed by atoms with Gasteiger partial charge in [-0.25, -0.2) is 0 Å². The summed E-state index contributed by atoms with van der Waals surface area (Å²) < 4.78 is 16.8. The summed E-state index contributed by atoms with van der Waals surface area (Å²) in [6.45, 7) is 6.40. The number of hydrogen-bond donors (Lipinski definition) is 0. The first kappa shape index (κ1) is 65.3. The van der Waals surface area contributed by atoms with E-state index in [1.807, 2.05) is 0 Å². The van der Waals surface area contributed by atoms with Crippen LogP contribution >= 0.6 is 0 Å². The van der Waals surface area contributed by atoms with Crippen molar-refractivity contribution in [2.75, 3.05) is 13.2 Å². The lowest BCUT2D eigenvalue weighted by Gasteiger charge is -2.18. The topological polar surface area (TPSA) is 78.9 Å². The Labute approximate surface area is 426 Å². The van der Waals surface area contributed by atoms with Crippen LogP contribution in [0, 0.1) is 0 Å². The molecule has 0 radical (unpaired) electrons. The van der Waals surface area contributed by atoms with Gasteiger partial charge in [-0.15, -0.1) is 0 Å². The lowest BCUT2D eigenvalue weighted by atomic mass is 10.0. The van der Waals surface area contributed by atoms with E-state index in [0.717, 1.165) is 135 Å². The van der Waals surface area contributed by atoms with Crippen LogP contribution < -0.4 is 0 Å². The van der Waals surface area contributed by atoms with Crippen LogP contribution in [0.3, 0.4) is 0 Å². The summed E-state index contributed by atoms with van der Waals surface area (Å²) in [6, 6.07) is 0. The fraction of sp³-hybridized carbons (Fsp3) is 0.698. The number of allylic oxidation sites excluding steroid dienone is 16. The number of esters is 3. The molecule has 0 rings (SSSR count). The van der Waals surface area contributed by atoms with E-state index in [4.69, 9.17) is 14.2 Å². The van der Waals surface area contributed by atoms with Gasteiger partial charge in [0.25, 0.3) is 0 Å². The first-order chi connectivity index (χ1) is 34.0. The summed E-state index contributed by atoms with van der Waals surface area (Å²) in [5, 5.41) is 0. The first-order valence-electron chi connectivity index (χ1n) is 28.7. The SMILES string of the molecule is CC/C=C\C/C=C\C/C=C\C/C=C\C/C=C\CCCCCCCCCC(=O)OCC(COC(=O)CCCCCCCCCCCCCCC)OC(=O)CCCCCCC/C=C\C/C=C\C/C=C\CC. The van der Waals surface area contributed by atoms with Gasteiger partial charge in [0.1, 0.15) is 13.2 Å². The van der Waals surface area contributed by atoms with E-state index in [1.165, 1.54) is 89.9 Å². The van der Waals surface area contributed by atoms with E-state index in [1.54, 1.807) is 0 Å². The Morgan fingerprint density at radius 3 is 0.884 bits per heavy atom. The van der Waals surface area contributed by atoms with Crippen molar-refractivity contribution in [1.82, 2.24) is 0 Å². The van der Waals surface area contributed by atoms with E-state index < -0.39 is 6.10 Å². The molecule has 0 heterocycles. The maximum Gasteiger partial charge on any atom is 0.306 e. The van der Waals surface area contributed by atoms with E-state index in [2.05, 4.69) is 118 Å². The Kier molecular flexibility index (Phi) is 53.9. The van der Waals surface area contributed by atoms with Crippen molar-refractivity contribution >= 4 is 17.9 Å². The molecule has 69 heavy (non-hydrogen) atoms. The Morgan fingerprint density at radius 1 is 0.304 bits per heavy atom. The quantitative estimate of drug-likeness (QED) is 0.0262. The molecule has 0 aromatic carbocycles. The van der Waals surface area contributed by atoms with Crippen molar-refractivity contribution in [2.45, 2.75) is 271 Å². The van der Waals surface area contributed by atoms with E-state index in [0.29, 0.717) is 19.3 Å². The summed E-state index contributed by atoms with van der Waals surface area (Å²) in [7, 11) is 0. The third kappa shape index (κ3) is 55.1. The molecule has 0 aliphatic heterocycles. The van der Waals surface area contributed by atoms with Crippen molar-refractivity contribution in [3.63, 3.8) is 0 Å². The Balaban J connectivity index is 4.38. The van der Waals surface area contributed by atoms with Crippen molar-refractivity contribution in [1.29, 1.82) is 0 Å². The maximum absolute atomic E-state index is 12.8. The minimum atomic E-state index is -0.791. The first-order valence-corrected chi connectivity index (χ1v) is 28.7. The standard InChI is InChI=1S/C63H106O6/c1-4-7-10-13-16-19-22-25-27-28-29-30-31-32-33-34-36-38-41-44-47-50-53-56-62(65)68-59-60(58-67-61(64)55-52-49-46-43-40-37-24-21-18-15-12-9-6-3)69-63(66)57-54-51-48-45-42-39-35-26-23-20-17-14-11-8-5-2/h7-8,10-11,16-17,19-20,25-27,29-30,32-33,35,60H,4-6,9,12-15,18,21-24,28,31,34,36-59H2,1-3H3/b10-7-,11-8-,19-16-,20-17-,27-25-,30-29-,33-32-,35-26-. The molecule has 0 saturated heterocycles. The largest absolute Gasteiger partial charge is 0.462 e. The summed E-state index contributed by atoms with van der Waals surface area (Å²) in [5.74, 6) is -0.911. The zero-order chi connectivity index (χ0) is 50.0. The molecule has 6 heteroatoms. The second-order valence-electron chi connectivity index (χ2n) is 18.8. The number of unbranched alkanes of at least 4 members (excludes halogenated alkanes) is 24. The summed E-state index contributed by atoms with van der Waals surface area (Å²) in [4.78, 5) is 38.1. The molecule has 0 bridgehead atoms. The smallest absolute Gasteiger partial charge is 0.306 e. The zero-order valence-corrected chi connectivity index (χ0v) is 45.0. The number of carbonyl (C=O) groups is 3. The van der Waals surface area contributed by atoms with Crippen LogP contribution in [0.25, 0.3) is 0 Å². The van der Waals surface area contributed by atoms with Gasteiger partial charge in [0, 0.05) is 19.3 Å². The lowest BCUT2D eigenvalue weighted by molar-refractivity contribution is -0.167. The average Bonchev–Trinajstić information content (AvgIpc) is 3.35. The average molecular weight is 960 g/mol. The van der Waals surface area contributed by atoms with Gasteiger partial charge in [-0.1, -0.05) is 246 Å². The van der Waals surface area contributed by atoms with E-state index >= 15 is 0 Å². The van der Waals surface area contributed by atoms with Crippen LogP contribution in [-0.2, 0) is 28.6 Å². The highest BCUT2D eigenvalue weighted by Gasteiger charge is 2.19. The van der Waals surface area contributed by atoms with Crippen LogP contribution in [0.5, 0.6) is 0 Å². The lowest BCUT2D eigenvalue weighted by Crippen LogP contribution is -2.30. The molecule has 0 N–H and O–H groups in total. The molecule has 0 aliphatic rings. The molecule has 0 amide bonds. The molecule has 394 valence electrons. The highest BCUT2D eigenvalue weighted by molar-refractivity contribution is 5.71. The van der Waals surface area contributed by atoms with Crippen LogP contribution in [0.1, 0.15) is 265 Å². The highest BCUT2D eigenvalue weighted by Crippen LogP contribution is 2.15. The fourth-order valence-corrected chi connectivity index (χ4v) is 7.84. The number of rotatable bonds is 51. The van der Waals surface area contributed by atoms with Crippen LogP contribution in [-0.4, -0.2) is 37.2 Å². The summed E-state index contributed by atoms with van der Waals surface area (Å²) in [6.07, 6.45) is 75.4. The minimum absolute atomic E-state index is 0.0867. The molecule has 0 saturated carbocycles. The highest BCUT2D eigenvalue weighted by atomic mass is 16.6. The third-order valence-corrected chi connectivity index (χ3v) is 12.1. The van der Waals surface area contributed by atoms with Gasteiger partial charge in [-0.05, 0) is 96.3 Å². The monoisotopic (exact) mass is 959 g/mol. The molecule has 0 aromatic heterocycles. The number of hydrogen-bond acceptors (Lipinski definition) is 6. The molecule has 0 aliphatic carbocycles. The van der Waals surface area contributed by atoms with Gasteiger partial charge in [-0.3, -0.25) is 14.4 Å². The Hall–Kier alpha value is -3.67. The predicted octanol–water partition coefficient (Wildman–Crippen LogP) is 19.3. The van der Waals surface area contributed by atoms with Crippen LogP contribution in [0.2, 0.25) is 0 Å². The van der Waals surface area contributed by atoms with Gasteiger partial charge in [-0.2, -0.15) is 0 Å². The number of ether oxygens (including phenoxy) is 3. The molecule has 1 unspecified atom stereocenters. The molecule has 1 atom stereocenters. The van der Waals surface area contributed by atoms with Crippen molar-refractivity contribution < 1.29 is 28.6 Å². The molecule has 0 spiro atoms. The Bertz CT molecular complexity index is 1380. The zero-order valence-electron chi connectivity index (χ0n) is 45.0. The Morgan fingerprint density at radius 2 is 0.565 bits per heavy atom. The third-order valence-electron chi connectivity index (χ3n) is 12.1. The van der Waals surface area contributed by atoms with Gasteiger partial charge < -0.3 is 14.2 Å². The van der Waals surface area contributed by atoms with E-state index in [9.17, 15) is 14.4 Å². The second kappa shape index (κ2) is 56.9. The van der Waals surface area contributed by atoms with E-state index in [-0.39, 0.29) is 31.1 Å². The van der Waals surface area contributed by atoms with Crippen molar-refractivity contribution in [3.8, 4) is 0 Å². The second-order valence-corrected chi connectivity index (χ2v) is 18.8. The van der Waals surface area contributed by atoms with Gasteiger partial charge in [0.15, 0.2) is 6.10 Å². The molecular formula is C63H106O6. The summed E-state index contributed by atoms with van der Waals surface area (Å²) >= 11 is 0. The summed E-state index contributed by atoms with van der Waals surface area (Å²) in [5.41, 5.74) is 0. The van der Waals surface area contributed by atoms with Crippen molar-refractivity contribution in [3.05, 3.63) is 97.2 Å². The number of carbonyl (C=O) groups excluding carboxylic acids is 3. The predicted molar refractivity (Wildman–Crippen MR) is 297 cm³/mol. The fourth-order valence-electron chi connectivity index (χ4n) is 7.84. The molecule has 6 nitrogen and oxygen atoms in total. The van der Waals surface area contributed by atoms with Crippen LogP contribution in [0.4, 0.5) is 0 Å². The van der Waals surface area contributed by atoms with Gasteiger partial charge in [0.05, 0.1) is 0 Å². The molecule has 0 fully saturated rings. The van der Waals surface area contributed by atoms with Gasteiger partial charge in [0.2, 0.25) is 0 Å². The normalized spacial score (nSPS) is 12.8. The maximum atomic E-state index is 12.8.